The summed E-state index contributed by atoms with van der Waals surface area (Å²) in [6.07, 6.45) is -4.78. The van der Waals surface area contributed by atoms with Crippen molar-refractivity contribution < 1.29 is 35.4 Å². The van der Waals surface area contributed by atoms with Crippen LogP contribution in [0.2, 0.25) is 0 Å². The van der Waals surface area contributed by atoms with Crippen LogP contribution >= 0.6 is 0 Å². The first-order valence-corrected chi connectivity index (χ1v) is 6.60. The highest BCUT2D eigenvalue weighted by Crippen LogP contribution is 2.24. The highest BCUT2D eigenvalue weighted by Gasteiger charge is 2.43. The first-order chi connectivity index (χ1) is 9.01. The fraction of sp³-hybridized carbons (Fsp3) is 1.00. The summed E-state index contributed by atoms with van der Waals surface area (Å²) < 4.78 is 5.29. The highest BCUT2D eigenvalue weighted by atomic mass is 16.5. The Morgan fingerprint density at radius 3 is 2.11 bits per heavy atom. The zero-order valence-electron chi connectivity index (χ0n) is 10.8. The molecule has 1 rings (SSSR count). The molecular weight excluding hydrogens is 256 g/mol. The minimum Gasteiger partial charge on any atom is -0.396 e. The summed E-state index contributed by atoms with van der Waals surface area (Å²) >= 11 is 0. The Balaban J connectivity index is 2.47. The van der Waals surface area contributed by atoms with E-state index in [0.29, 0.717) is 19.3 Å². The van der Waals surface area contributed by atoms with Gasteiger partial charge in [0.05, 0.1) is 18.8 Å². The van der Waals surface area contributed by atoms with E-state index in [2.05, 4.69) is 0 Å². The van der Waals surface area contributed by atoms with Gasteiger partial charge in [-0.2, -0.15) is 0 Å². The van der Waals surface area contributed by atoms with Crippen LogP contribution in [-0.4, -0.2) is 80.5 Å². The standard InChI is InChI=1S/C12H24O7/c13-4-2-1-3-7(15)5-8-10(16)12(18)11(17)9(6-14)19-8/h7-18H,1-6H2/t7?,8-,9+,10-,11-,12+/m0/s1. The molecule has 0 aromatic carbocycles. The van der Waals surface area contributed by atoms with E-state index in [1.807, 2.05) is 0 Å². The molecule has 1 heterocycles. The van der Waals surface area contributed by atoms with Crippen molar-refractivity contribution >= 4 is 0 Å². The zero-order chi connectivity index (χ0) is 14.4. The number of hydrogen-bond donors (Lipinski definition) is 6. The van der Waals surface area contributed by atoms with E-state index in [4.69, 9.17) is 14.9 Å². The lowest BCUT2D eigenvalue weighted by Gasteiger charge is -2.40. The van der Waals surface area contributed by atoms with Gasteiger partial charge in [-0.1, -0.05) is 0 Å². The zero-order valence-corrected chi connectivity index (χ0v) is 10.8. The summed E-state index contributed by atoms with van der Waals surface area (Å²) in [5, 5.41) is 56.4. The van der Waals surface area contributed by atoms with Crippen molar-refractivity contribution in [3.63, 3.8) is 0 Å². The van der Waals surface area contributed by atoms with E-state index in [1.165, 1.54) is 0 Å². The highest BCUT2D eigenvalue weighted by molar-refractivity contribution is 4.92. The molecule has 114 valence electrons. The van der Waals surface area contributed by atoms with Crippen LogP contribution in [0.5, 0.6) is 0 Å². The van der Waals surface area contributed by atoms with E-state index in [0.717, 1.165) is 0 Å². The lowest BCUT2D eigenvalue weighted by molar-refractivity contribution is -0.234. The van der Waals surface area contributed by atoms with E-state index < -0.39 is 43.2 Å². The van der Waals surface area contributed by atoms with Gasteiger partial charge in [-0.05, 0) is 19.3 Å². The maximum atomic E-state index is 9.78. The average Bonchev–Trinajstić information content (AvgIpc) is 2.39. The number of ether oxygens (including phenoxy) is 1. The van der Waals surface area contributed by atoms with Crippen LogP contribution in [0, 0.1) is 0 Å². The smallest absolute Gasteiger partial charge is 0.111 e. The number of aliphatic hydroxyl groups excluding tert-OH is 6. The van der Waals surface area contributed by atoms with Crippen molar-refractivity contribution in [2.45, 2.75) is 62.3 Å². The molecule has 7 nitrogen and oxygen atoms in total. The van der Waals surface area contributed by atoms with Gasteiger partial charge in [-0.25, -0.2) is 0 Å². The minimum absolute atomic E-state index is 0.0623. The molecule has 1 saturated heterocycles. The molecule has 1 aliphatic heterocycles. The predicted octanol–water partition coefficient (Wildman–Crippen LogP) is -2.26. The number of rotatable bonds is 7. The molecule has 0 bridgehead atoms. The molecule has 0 spiro atoms. The van der Waals surface area contributed by atoms with Gasteiger partial charge in [0.1, 0.15) is 24.4 Å². The fourth-order valence-electron chi connectivity index (χ4n) is 2.25. The van der Waals surface area contributed by atoms with Crippen LogP contribution in [-0.2, 0) is 4.74 Å². The van der Waals surface area contributed by atoms with E-state index in [-0.39, 0.29) is 13.0 Å². The minimum atomic E-state index is -1.40. The Morgan fingerprint density at radius 1 is 0.895 bits per heavy atom. The second-order valence-electron chi connectivity index (χ2n) is 4.98. The molecule has 7 heteroatoms. The number of hydrogen-bond acceptors (Lipinski definition) is 7. The number of aliphatic hydroxyl groups is 6. The van der Waals surface area contributed by atoms with E-state index in [9.17, 15) is 20.4 Å². The quantitative estimate of drug-likeness (QED) is 0.290. The molecule has 0 aromatic rings. The van der Waals surface area contributed by atoms with Gasteiger partial charge in [0, 0.05) is 13.0 Å². The summed E-state index contributed by atoms with van der Waals surface area (Å²) in [6, 6.07) is 0. The van der Waals surface area contributed by atoms with Gasteiger partial charge in [0.2, 0.25) is 0 Å². The summed E-state index contributed by atoms with van der Waals surface area (Å²) in [4.78, 5) is 0. The largest absolute Gasteiger partial charge is 0.396 e. The van der Waals surface area contributed by atoms with Crippen molar-refractivity contribution in [3.8, 4) is 0 Å². The average molecular weight is 280 g/mol. The summed E-state index contributed by atoms with van der Waals surface area (Å²) in [6.45, 7) is -0.408. The van der Waals surface area contributed by atoms with Crippen molar-refractivity contribution in [2.75, 3.05) is 13.2 Å². The molecule has 0 radical (unpaired) electrons. The predicted molar refractivity (Wildman–Crippen MR) is 65.3 cm³/mol. The molecule has 0 amide bonds. The topological polar surface area (TPSA) is 131 Å². The molecule has 6 N–H and O–H groups in total. The van der Waals surface area contributed by atoms with Gasteiger partial charge in [-0.3, -0.25) is 0 Å². The Bertz CT molecular complexity index is 248. The first kappa shape index (κ1) is 16.8. The van der Waals surface area contributed by atoms with Crippen LogP contribution in [0.4, 0.5) is 0 Å². The normalized spacial score (nSPS) is 37.3. The van der Waals surface area contributed by atoms with Crippen molar-refractivity contribution in [2.24, 2.45) is 0 Å². The summed E-state index contributed by atoms with van der Waals surface area (Å²) in [7, 11) is 0. The molecule has 0 aliphatic carbocycles. The lowest BCUT2D eigenvalue weighted by Crippen LogP contribution is -2.59. The fourth-order valence-corrected chi connectivity index (χ4v) is 2.25. The van der Waals surface area contributed by atoms with Crippen LogP contribution < -0.4 is 0 Å². The summed E-state index contributed by atoms with van der Waals surface area (Å²) in [5.74, 6) is 0. The van der Waals surface area contributed by atoms with Crippen LogP contribution in [0.25, 0.3) is 0 Å². The van der Waals surface area contributed by atoms with Gasteiger partial charge < -0.3 is 35.4 Å². The Morgan fingerprint density at radius 2 is 1.53 bits per heavy atom. The monoisotopic (exact) mass is 280 g/mol. The van der Waals surface area contributed by atoms with Crippen molar-refractivity contribution in [1.82, 2.24) is 0 Å². The molecule has 1 fully saturated rings. The van der Waals surface area contributed by atoms with Gasteiger partial charge in [0.25, 0.3) is 0 Å². The molecule has 1 aliphatic rings. The molecule has 1 unspecified atom stereocenters. The van der Waals surface area contributed by atoms with Gasteiger partial charge >= 0.3 is 0 Å². The summed E-state index contributed by atoms with van der Waals surface area (Å²) in [5.41, 5.74) is 0. The first-order valence-electron chi connectivity index (χ1n) is 6.60. The third kappa shape index (κ3) is 4.64. The Kier molecular flexibility index (Phi) is 7.16. The Hall–Kier alpha value is -0.280. The third-order valence-corrected chi connectivity index (χ3v) is 3.44. The van der Waals surface area contributed by atoms with Gasteiger partial charge in [0.15, 0.2) is 0 Å². The maximum absolute atomic E-state index is 9.78. The van der Waals surface area contributed by atoms with Crippen molar-refractivity contribution in [1.29, 1.82) is 0 Å². The Labute approximate surface area is 112 Å². The van der Waals surface area contributed by atoms with E-state index in [1.54, 1.807) is 0 Å². The molecule has 0 aromatic heterocycles. The SMILES string of the molecule is OCCCCC(O)C[C@@H]1O[C@H](CO)[C@H](O)[C@H](O)[C@H]1O. The number of unbranched alkanes of at least 4 members (excludes halogenated alkanes) is 1. The molecule has 0 saturated carbocycles. The van der Waals surface area contributed by atoms with Crippen LogP contribution in [0.3, 0.4) is 0 Å². The molecule has 6 atom stereocenters. The van der Waals surface area contributed by atoms with Crippen LogP contribution in [0.15, 0.2) is 0 Å². The molecular formula is C12H24O7. The van der Waals surface area contributed by atoms with Crippen molar-refractivity contribution in [3.05, 3.63) is 0 Å². The van der Waals surface area contributed by atoms with Crippen LogP contribution in [0.1, 0.15) is 25.7 Å². The second-order valence-corrected chi connectivity index (χ2v) is 4.98. The third-order valence-electron chi connectivity index (χ3n) is 3.44. The van der Waals surface area contributed by atoms with Gasteiger partial charge in [-0.15, -0.1) is 0 Å². The maximum Gasteiger partial charge on any atom is 0.111 e. The van der Waals surface area contributed by atoms with E-state index >= 15 is 0 Å². The molecule has 19 heavy (non-hydrogen) atoms. The second kappa shape index (κ2) is 8.11. The lowest BCUT2D eigenvalue weighted by atomic mass is 9.91.